The Kier molecular flexibility index (Phi) is 3.52. The van der Waals surface area contributed by atoms with Crippen molar-refractivity contribution in [2.24, 2.45) is 17.6 Å². The van der Waals surface area contributed by atoms with E-state index < -0.39 is 0 Å². The molecule has 0 aromatic heterocycles. The quantitative estimate of drug-likeness (QED) is 0.649. The molecule has 1 saturated carbocycles. The standard InChI is InChI=1S/C11H19NO/c1-3-10(8(2)11(12)13)7-9-5-4-6-9/h9-10H,2-7H2,1H3,(H2,12,13). The molecule has 1 aliphatic carbocycles. The summed E-state index contributed by atoms with van der Waals surface area (Å²) in [6.07, 6.45) is 6.09. The minimum atomic E-state index is -0.328. The highest BCUT2D eigenvalue weighted by atomic mass is 16.1. The van der Waals surface area contributed by atoms with Crippen molar-refractivity contribution in [2.45, 2.75) is 39.0 Å². The van der Waals surface area contributed by atoms with Crippen molar-refractivity contribution in [3.63, 3.8) is 0 Å². The van der Waals surface area contributed by atoms with Crippen LogP contribution in [0.2, 0.25) is 0 Å². The minimum Gasteiger partial charge on any atom is -0.366 e. The lowest BCUT2D eigenvalue weighted by molar-refractivity contribution is -0.115. The number of nitrogens with two attached hydrogens (primary N) is 1. The lowest BCUT2D eigenvalue weighted by Crippen LogP contribution is -2.23. The van der Waals surface area contributed by atoms with Gasteiger partial charge in [0, 0.05) is 5.57 Å². The van der Waals surface area contributed by atoms with Crippen molar-refractivity contribution >= 4 is 5.91 Å². The molecule has 1 amide bonds. The molecule has 0 aromatic rings. The number of carbonyl (C=O) groups excluding carboxylic acids is 1. The predicted molar refractivity (Wildman–Crippen MR) is 54.1 cm³/mol. The number of hydrogen-bond acceptors (Lipinski definition) is 1. The van der Waals surface area contributed by atoms with Crippen LogP contribution in [0.5, 0.6) is 0 Å². The molecule has 0 saturated heterocycles. The van der Waals surface area contributed by atoms with Crippen molar-refractivity contribution in [1.82, 2.24) is 0 Å². The van der Waals surface area contributed by atoms with Crippen LogP contribution in [0.3, 0.4) is 0 Å². The van der Waals surface area contributed by atoms with Gasteiger partial charge in [-0.3, -0.25) is 4.79 Å². The summed E-state index contributed by atoms with van der Waals surface area (Å²) in [7, 11) is 0. The third-order valence-electron chi connectivity index (χ3n) is 3.14. The zero-order valence-corrected chi connectivity index (χ0v) is 8.38. The monoisotopic (exact) mass is 181 g/mol. The highest BCUT2D eigenvalue weighted by molar-refractivity contribution is 5.91. The van der Waals surface area contributed by atoms with Crippen LogP contribution in [0, 0.1) is 11.8 Å². The fourth-order valence-electron chi connectivity index (χ4n) is 1.89. The van der Waals surface area contributed by atoms with E-state index in [9.17, 15) is 4.79 Å². The van der Waals surface area contributed by atoms with Crippen LogP contribution in [0.15, 0.2) is 12.2 Å². The highest BCUT2D eigenvalue weighted by Gasteiger charge is 2.24. The van der Waals surface area contributed by atoms with E-state index in [1.807, 2.05) is 0 Å². The smallest absolute Gasteiger partial charge is 0.244 e. The van der Waals surface area contributed by atoms with Crippen LogP contribution in [0.1, 0.15) is 39.0 Å². The number of primary amides is 1. The van der Waals surface area contributed by atoms with Crippen molar-refractivity contribution in [3.05, 3.63) is 12.2 Å². The molecule has 0 spiro atoms. The molecule has 1 rings (SSSR count). The molecular weight excluding hydrogens is 162 g/mol. The molecule has 1 atom stereocenters. The second kappa shape index (κ2) is 4.45. The molecule has 0 aromatic carbocycles. The van der Waals surface area contributed by atoms with E-state index in [-0.39, 0.29) is 5.91 Å². The number of carbonyl (C=O) groups is 1. The molecule has 13 heavy (non-hydrogen) atoms. The first-order chi connectivity index (χ1) is 6.15. The molecule has 0 heterocycles. The van der Waals surface area contributed by atoms with Gasteiger partial charge in [-0.05, 0) is 24.7 Å². The molecule has 74 valence electrons. The molecule has 0 radical (unpaired) electrons. The van der Waals surface area contributed by atoms with Gasteiger partial charge in [0.25, 0.3) is 0 Å². The van der Waals surface area contributed by atoms with Crippen molar-refractivity contribution in [3.8, 4) is 0 Å². The maximum atomic E-state index is 10.9. The number of amides is 1. The summed E-state index contributed by atoms with van der Waals surface area (Å²) < 4.78 is 0. The van der Waals surface area contributed by atoms with Crippen molar-refractivity contribution in [1.29, 1.82) is 0 Å². The topological polar surface area (TPSA) is 43.1 Å². The Morgan fingerprint density at radius 1 is 1.62 bits per heavy atom. The molecule has 1 fully saturated rings. The van der Waals surface area contributed by atoms with E-state index in [2.05, 4.69) is 13.5 Å². The van der Waals surface area contributed by atoms with Crippen LogP contribution in [0.25, 0.3) is 0 Å². The first kappa shape index (κ1) is 10.3. The second-order valence-electron chi connectivity index (χ2n) is 4.03. The molecule has 1 unspecified atom stereocenters. The largest absolute Gasteiger partial charge is 0.366 e. The maximum Gasteiger partial charge on any atom is 0.244 e. The third kappa shape index (κ3) is 2.58. The second-order valence-corrected chi connectivity index (χ2v) is 4.03. The van der Waals surface area contributed by atoms with Gasteiger partial charge in [0.05, 0.1) is 0 Å². The number of rotatable bonds is 5. The summed E-state index contributed by atoms with van der Waals surface area (Å²) in [5.41, 5.74) is 5.83. The zero-order chi connectivity index (χ0) is 9.84. The Labute approximate surface area is 80.2 Å². The average Bonchev–Trinajstić information content (AvgIpc) is 2.02. The maximum absolute atomic E-state index is 10.9. The van der Waals surface area contributed by atoms with Gasteiger partial charge in [0.1, 0.15) is 0 Å². The van der Waals surface area contributed by atoms with Crippen LogP contribution in [-0.2, 0) is 4.79 Å². The van der Waals surface area contributed by atoms with Crippen LogP contribution in [-0.4, -0.2) is 5.91 Å². The average molecular weight is 181 g/mol. The zero-order valence-electron chi connectivity index (χ0n) is 8.38. The third-order valence-corrected chi connectivity index (χ3v) is 3.14. The Hall–Kier alpha value is -0.790. The summed E-state index contributed by atoms with van der Waals surface area (Å²) in [5, 5.41) is 0. The van der Waals surface area contributed by atoms with Crippen molar-refractivity contribution in [2.75, 3.05) is 0 Å². The van der Waals surface area contributed by atoms with E-state index in [0.717, 1.165) is 18.8 Å². The minimum absolute atomic E-state index is 0.322. The van der Waals surface area contributed by atoms with Crippen LogP contribution in [0.4, 0.5) is 0 Å². The Morgan fingerprint density at radius 3 is 2.54 bits per heavy atom. The summed E-state index contributed by atoms with van der Waals surface area (Å²) in [6.45, 7) is 5.86. The molecule has 0 bridgehead atoms. The van der Waals surface area contributed by atoms with Gasteiger partial charge in [-0.2, -0.15) is 0 Å². The highest BCUT2D eigenvalue weighted by Crippen LogP contribution is 2.35. The van der Waals surface area contributed by atoms with Gasteiger partial charge in [-0.1, -0.05) is 32.8 Å². The van der Waals surface area contributed by atoms with E-state index >= 15 is 0 Å². The SMILES string of the molecule is C=C(C(N)=O)C(CC)CC1CCC1. The van der Waals surface area contributed by atoms with Gasteiger partial charge >= 0.3 is 0 Å². The summed E-state index contributed by atoms with van der Waals surface area (Å²) in [5.74, 6) is 0.815. The van der Waals surface area contributed by atoms with Gasteiger partial charge < -0.3 is 5.73 Å². The molecule has 2 N–H and O–H groups in total. The predicted octanol–water partition coefficient (Wildman–Crippen LogP) is 2.24. The Morgan fingerprint density at radius 2 is 2.23 bits per heavy atom. The summed E-state index contributed by atoms with van der Waals surface area (Å²) in [4.78, 5) is 10.9. The Balaban J connectivity index is 2.41. The molecular formula is C11H19NO. The van der Waals surface area contributed by atoms with Crippen LogP contribution < -0.4 is 5.73 Å². The molecule has 2 nitrogen and oxygen atoms in total. The summed E-state index contributed by atoms with van der Waals surface area (Å²) in [6, 6.07) is 0. The molecule has 2 heteroatoms. The van der Waals surface area contributed by atoms with Gasteiger partial charge in [0.15, 0.2) is 0 Å². The normalized spacial score (nSPS) is 19.2. The Bertz CT molecular complexity index is 206. The number of hydrogen-bond donors (Lipinski definition) is 1. The van der Waals surface area contributed by atoms with E-state index in [1.54, 1.807) is 0 Å². The molecule has 1 aliphatic rings. The van der Waals surface area contributed by atoms with Gasteiger partial charge in [-0.15, -0.1) is 0 Å². The fraction of sp³-hybridized carbons (Fsp3) is 0.727. The molecule has 0 aliphatic heterocycles. The van der Waals surface area contributed by atoms with E-state index in [1.165, 1.54) is 19.3 Å². The van der Waals surface area contributed by atoms with E-state index in [4.69, 9.17) is 5.73 Å². The van der Waals surface area contributed by atoms with Crippen LogP contribution >= 0.6 is 0 Å². The van der Waals surface area contributed by atoms with Gasteiger partial charge in [-0.25, -0.2) is 0 Å². The fourth-order valence-corrected chi connectivity index (χ4v) is 1.89. The first-order valence-electron chi connectivity index (χ1n) is 5.13. The lowest BCUT2D eigenvalue weighted by atomic mass is 9.76. The van der Waals surface area contributed by atoms with Gasteiger partial charge in [0.2, 0.25) is 5.91 Å². The van der Waals surface area contributed by atoms with E-state index in [0.29, 0.717) is 11.5 Å². The summed E-state index contributed by atoms with van der Waals surface area (Å²) >= 11 is 0. The first-order valence-corrected chi connectivity index (χ1v) is 5.13. The lowest BCUT2D eigenvalue weighted by Gasteiger charge is -2.29. The van der Waals surface area contributed by atoms with Crippen molar-refractivity contribution < 1.29 is 4.79 Å².